The molecule has 0 saturated carbocycles. The third-order valence-corrected chi connectivity index (χ3v) is 3.99. The highest BCUT2D eigenvalue weighted by Gasteiger charge is 2.23. The van der Waals surface area contributed by atoms with Gasteiger partial charge in [-0.15, -0.1) is 0 Å². The minimum Gasteiger partial charge on any atom is -0.480 e. The first-order chi connectivity index (χ1) is 8.84. The molecule has 1 rings (SSSR count). The monoisotopic (exact) mass is 285 g/mol. The third kappa shape index (κ3) is 5.40. The normalized spacial score (nSPS) is 13.2. The van der Waals surface area contributed by atoms with E-state index in [0.29, 0.717) is 12.0 Å². The summed E-state index contributed by atoms with van der Waals surface area (Å²) >= 11 is 0. The van der Waals surface area contributed by atoms with Crippen molar-refractivity contribution in [1.29, 1.82) is 0 Å². The van der Waals surface area contributed by atoms with Crippen LogP contribution in [-0.2, 0) is 20.6 Å². The van der Waals surface area contributed by atoms with Gasteiger partial charge >= 0.3 is 5.97 Å². The van der Waals surface area contributed by atoms with Gasteiger partial charge in [0.15, 0.2) is 0 Å². The molecular weight excluding hydrogens is 266 g/mol. The lowest BCUT2D eigenvalue weighted by atomic mass is 10.2. The number of hydrogen-bond acceptors (Lipinski definition) is 3. The first-order valence-electron chi connectivity index (χ1n) is 6.12. The van der Waals surface area contributed by atoms with Crippen LogP contribution >= 0.6 is 0 Å². The molecule has 1 aromatic carbocycles. The fourth-order valence-electron chi connectivity index (χ4n) is 1.80. The lowest BCUT2D eigenvalue weighted by Gasteiger charge is -2.14. The summed E-state index contributed by atoms with van der Waals surface area (Å²) in [6, 6.07) is 6.08. The Morgan fingerprint density at radius 2 is 2.11 bits per heavy atom. The fourth-order valence-corrected chi connectivity index (χ4v) is 3.16. The summed E-state index contributed by atoms with van der Waals surface area (Å²) in [7, 11) is -3.65. The van der Waals surface area contributed by atoms with Crippen molar-refractivity contribution in [3.05, 3.63) is 35.4 Å². The maximum Gasteiger partial charge on any atom is 0.321 e. The molecule has 1 aromatic rings. The Hall–Kier alpha value is -1.40. The molecule has 0 aliphatic carbocycles. The van der Waals surface area contributed by atoms with Gasteiger partial charge in [0, 0.05) is 0 Å². The first kappa shape index (κ1) is 15.7. The average molecular weight is 285 g/mol. The van der Waals surface area contributed by atoms with Gasteiger partial charge < -0.3 is 5.11 Å². The van der Waals surface area contributed by atoms with E-state index in [-0.39, 0.29) is 12.2 Å². The maximum absolute atomic E-state index is 11.9. The van der Waals surface area contributed by atoms with Gasteiger partial charge in [0.25, 0.3) is 0 Å². The molecule has 1 unspecified atom stereocenters. The standard InChI is InChI=1S/C13H19NO4S/c1-3-5-12(13(15)16)14-19(17,18)9-11-7-4-6-10(2)8-11/h4,6-8,12,14H,3,5,9H2,1-2H3,(H,15,16). The summed E-state index contributed by atoms with van der Waals surface area (Å²) < 4.78 is 26.1. The molecule has 106 valence electrons. The zero-order valence-electron chi connectivity index (χ0n) is 11.1. The second-order valence-corrected chi connectivity index (χ2v) is 6.30. The number of carboxylic acids is 1. The zero-order chi connectivity index (χ0) is 14.5. The van der Waals surface area contributed by atoms with Crippen molar-refractivity contribution in [2.75, 3.05) is 0 Å². The summed E-state index contributed by atoms with van der Waals surface area (Å²) in [4.78, 5) is 10.9. The van der Waals surface area contributed by atoms with Crippen LogP contribution in [0.25, 0.3) is 0 Å². The summed E-state index contributed by atoms with van der Waals surface area (Å²) in [5.41, 5.74) is 1.61. The zero-order valence-corrected chi connectivity index (χ0v) is 11.9. The number of carbonyl (C=O) groups is 1. The van der Waals surface area contributed by atoms with E-state index < -0.39 is 22.0 Å². The Kier molecular flexibility index (Phi) is 5.50. The number of hydrogen-bond donors (Lipinski definition) is 2. The van der Waals surface area contributed by atoms with E-state index in [1.165, 1.54) is 0 Å². The molecule has 1 atom stereocenters. The molecule has 0 aliphatic heterocycles. The van der Waals surface area contributed by atoms with Gasteiger partial charge in [0.2, 0.25) is 10.0 Å². The number of carboxylic acid groups (broad SMARTS) is 1. The molecule has 0 bridgehead atoms. The smallest absolute Gasteiger partial charge is 0.321 e. The predicted molar refractivity (Wildman–Crippen MR) is 73.3 cm³/mol. The molecule has 0 spiro atoms. The van der Waals surface area contributed by atoms with E-state index in [9.17, 15) is 13.2 Å². The van der Waals surface area contributed by atoms with Crippen molar-refractivity contribution in [3.8, 4) is 0 Å². The van der Waals surface area contributed by atoms with E-state index in [0.717, 1.165) is 5.56 Å². The van der Waals surface area contributed by atoms with Gasteiger partial charge in [-0.25, -0.2) is 13.1 Å². The molecule has 0 radical (unpaired) electrons. The van der Waals surface area contributed by atoms with Gasteiger partial charge in [0.1, 0.15) is 6.04 Å². The predicted octanol–water partition coefficient (Wildman–Crippen LogP) is 1.67. The fraction of sp³-hybridized carbons (Fsp3) is 0.462. The number of aliphatic carboxylic acids is 1. The van der Waals surface area contributed by atoms with Crippen LogP contribution in [0.3, 0.4) is 0 Å². The Labute approximate surface area is 113 Å². The lowest BCUT2D eigenvalue weighted by molar-refractivity contribution is -0.139. The molecule has 6 heteroatoms. The molecule has 0 aliphatic rings. The highest BCUT2D eigenvalue weighted by molar-refractivity contribution is 7.88. The summed E-state index contributed by atoms with van der Waals surface area (Å²) in [5.74, 6) is -1.35. The van der Waals surface area contributed by atoms with Crippen LogP contribution in [-0.4, -0.2) is 25.5 Å². The number of sulfonamides is 1. The lowest BCUT2D eigenvalue weighted by Crippen LogP contribution is -2.41. The van der Waals surface area contributed by atoms with Gasteiger partial charge in [-0.2, -0.15) is 0 Å². The SMILES string of the molecule is CCCC(NS(=O)(=O)Cc1cccc(C)c1)C(=O)O. The van der Waals surface area contributed by atoms with E-state index in [1.54, 1.807) is 18.2 Å². The third-order valence-electron chi connectivity index (χ3n) is 2.64. The van der Waals surface area contributed by atoms with E-state index >= 15 is 0 Å². The molecule has 5 nitrogen and oxygen atoms in total. The Bertz CT molecular complexity index is 539. The maximum atomic E-state index is 11.9. The van der Waals surface area contributed by atoms with Crippen LogP contribution in [0, 0.1) is 6.92 Å². The number of aryl methyl sites for hydroxylation is 1. The van der Waals surface area contributed by atoms with Crippen molar-refractivity contribution in [3.63, 3.8) is 0 Å². The highest BCUT2D eigenvalue weighted by Crippen LogP contribution is 2.09. The summed E-state index contributed by atoms with van der Waals surface area (Å²) in [5, 5.41) is 8.95. The first-order valence-corrected chi connectivity index (χ1v) is 7.77. The number of benzene rings is 1. The minimum atomic E-state index is -3.65. The van der Waals surface area contributed by atoms with Crippen LogP contribution < -0.4 is 4.72 Å². The van der Waals surface area contributed by atoms with Gasteiger partial charge in [-0.1, -0.05) is 43.2 Å². The topological polar surface area (TPSA) is 83.5 Å². The van der Waals surface area contributed by atoms with E-state index in [4.69, 9.17) is 5.11 Å². The number of nitrogens with one attached hydrogen (secondary N) is 1. The number of rotatable bonds is 7. The molecule has 0 saturated heterocycles. The second-order valence-electron chi connectivity index (χ2n) is 4.55. The van der Waals surface area contributed by atoms with E-state index in [1.807, 2.05) is 19.9 Å². The Balaban J connectivity index is 2.78. The van der Waals surface area contributed by atoms with Crippen molar-refractivity contribution in [2.24, 2.45) is 0 Å². The van der Waals surface area contributed by atoms with Crippen molar-refractivity contribution in [1.82, 2.24) is 4.72 Å². The summed E-state index contributed by atoms with van der Waals surface area (Å²) in [6.45, 7) is 3.69. The molecule has 0 aromatic heterocycles. The van der Waals surface area contributed by atoms with Crippen LogP contribution in [0.15, 0.2) is 24.3 Å². The largest absolute Gasteiger partial charge is 0.480 e. The molecule has 0 fully saturated rings. The van der Waals surface area contributed by atoms with Crippen LogP contribution in [0.4, 0.5) is 0 Å². The Morgan fingerprint density at radius 1 is 1.42 bits per heavy atom. The van der Waals surface area contributed by atoms with Crippen LogP contribution in [0.5, 0.6) is 0 Å². The van der Waals surface area contributed by atoms with Crippen molar-refractivity contribution in [2.45, 2.75) is 38.5 Å². The minimum absolute atomic E-state index is 0.206. The van der Waals surface area contributed by atoms with Gasteiger partial charge in [0.05, 0.1) is 5.75 Å². The van der Waals surface area contributed by atoms with Crippen molar-refractivity contribution >= 4 is 16.0 Å². The second kappa shape index (κ2) is 6.68. The van der Waals surface area contributed by atoms with E-state index in [2.05, 4.69) is 4.72 Å². The van der Waals surface area contributed by atoms with Crippen LogP contribution in [0.1, 0.15) is 30.9 Å². The molecular formula is C13H19NO4S. The molecule has 19 heavy (non-hydrogen) atoms. The molecule has 0 amide bonds. The quantitative estimate of drug-likeness (QED) is 0.798. The molecule has 0 heterocycles. The van der Waals surface area contributed by atoms with Crippen LogP contribution in [0.2, 0.25) is 0 Å². The van der Waals surface area contributed by atoms with Crippen molar-refractivity contribution < 1.29 is 18.3 Å². The van der Waals surface area contributed by atoms with Gasteiger partial charge in [-0.05, 0) is 18.9 Å². The highest BCUT2D eigenvalue weighted by atomic mass is 32.2. The average Bonchev–Trinajstić information content (AvgIpc) is 2.27. The van der Waals surface area contributed by atoms with Gasteiger partial charge in [-0.3, -0.25) is 4.79 Å². The summed E-state index contributed by atoms with van der Waals surface area (Å²) in [6.07, 6.45) is 0.881. The molecule has 2 N–H and O–H groups in total. The Morgan fingerprint density at radius 3 is 2.63 bits per heavy atom.